The van der Waals surface area contributed by atoms with Crippen LogP contribution in [0.25, 0.3) is 10.9 Å². The number of hydrogen-bond donors (Lipinski definition) is 1. The van der Waals surface area contributed by atoms with Crippen molar-refractivity contribution in [2.24, 2.45) is 0 Å². The molecule has 0 spiro atoms. The molecule has 0 radical (unpaired) electrons. The molecule has 0 amide bonds. The molecule has 1 aromatic heterocycles. The number of nitrogen functional groups attached to an aromatic ring is 1. The number of hydrogen-bond acceptors (Lipinski definition) is 5. The summed E-state index contributed by atoms with van der Waals surface area (Å²) < 4.78 is 17.5. The van der Waals surface area contributed by atoms with Gasteiger partial charge in [0, 0.05) is 23.7 Å². The Morgan fingerprint density at radius 3 is 2.52 bits per heavy atom. The lowest BCUT2D eigenvalue weighted by Gasteiger charge is -2.14. The number of fused-ring (bicyclic) bond motifs is 1. The second-order valence-electron chi connectivity index (χ2n) is 6.39. The van der Waals surface area contributed by atoms with Crippen LogP contribution < -0.4 is 19.9 Å². The van der Waals surface area contributed by atoms with Crippen molar-refractivity contribution < 1.29 is 14.2 Å². The SMILES string of the molecule is COc1cc2c(Oc3ccc(N)c(Cl)c3)ccnc2cc1OCc1ccccc1. The Hall–Kier alpha value is -3.44. The van der Waals surface area contributed by atoms with Gasteiger partial charge >= 0.3 is 0 Å². The number of pyridine rings is 1. The molecule has 0 fully saturated rings. The number of halogens is 1. The number of methoxy groups -OCH3 is 1. The summed E-state index contributed by atoms with van der Waals surface area (Å²) in [6.07, 6.45) is 1.68. The number of nitrogens with two attached hydrogens (primary N) is 1. The van der Waals surface area contributed by atoms with Crippen molar-refractivity contribution >= 4 is 28.2 Å². The standard InChI is InChI=1S/C23H19ClN2O3/c1-27-22-12-17-20(13-23(22)28-14-15-5-3-2-4-6-15)26-10-9-21(17)29-16-7-8-19(25)18(24)11-16/h2-13H,14,25H2,1H3. The van der Waals surface area contributed by atoms with Crippen LogP contribution in [0.2, 0.25) is 5.02 Å². The Balaban J connectivity index is 1.66. The molecule has 0 saturated carbocycles. The van der Waals surface area contributed by atoms with Gasteiger partial charge in [-0.2, -0.15) is 0 Å². The van der Waals surface area contributed by atoms with Crippen molar-refractivity contribution in [1.29, 1.82) is 0 Å². The molecule has 0 aliphatic carbocycles. The van der Waals surface area contributed by atoms with Crippen molar-refractivity contribution in [3.63, 3.8) is 0 Å². The van der Waals surface area contributed by atoms with Crippen LogP contribution in [0.3, 0.4) is 0 Å². The van der Waals surface area contributed by atoms with E-state index in [1.807, 2.05) is 42.5 Å². The van der Waals surface area contributed by atoms with Gasteiger partial charge < -0.3 is 19.9 Å². The third kappa shape index (κ3) is 4.20. The third-order valence-electron chi connectivity index (χ3n) is 4.42. The molecule has 0 saturated heterocycles. The first kappa shape index (κ1) is 18.9. The lowest BCUT2D eigenvalue weighted by Crippen LogP contribution is -1.98. The number of nitrogens with zero attached hydrogens (tertiary/aromatic N) is 1. The number of rotatable bonds is 6. The summed E-state index contributed by atoms with van der Waals surface area (Å²) in [7, 11) is 1.60. The number of aromatic nitrogens is 1. The van der Waals surface area contributed by atoms with Gasteiger partial charge in [-0.15, -0.1) is 0 Å². The van der Waals surface area contributed by atoms with Crippen molar-refractivity contribution in [3.8, 4) is 23.0 Å². The van der Waals surface area contributed by atoms with Gasteiger partial charge in [-0.3, -0.25) is 4.98 Å². The van der Waals surface area contributed by atoms with E-state index in [0.717, 1.165) is 16.5 Å². The monoisotopic (exact) mass is 406 g/mol. The molecule has 4 aromatic rings. The Bertz CT molecular complexity index is 1150. The van der Waals surface area contributed by atoms with Crippen molar-refractivity contribution in [1.82, 2.24) is 4.98 Å². The van der Waals surface area contributed by atoms with Crippen LogP contribution in [-0.2, 0) is 6.61 Å². The summed E-state index contributed by atoms with van der Waals surface area (Å²) in [6.45, 7) is 0.433. The molecule has 0 aliphatic rings. The second kappa shape index (κ2) is 8.29. The van der Waals surface area contributed by atoms with Crippen LogP contribution in [0.15, 0.2) is 72.9 Å². The Morgan fingerprint density at radius 2 is 1.76 bits per heavy atom. The van der Waals surface area contributed by atoms with Gasteiger partial charge in [-0.25, -0.2) is 0 Å². The maximum atomic E-state index is 6.10. The predicted octanol–water partition coefficient (Wildman–Crippen LogP) is 5.85. The summed E-state index contributed by atoms with van der Waals surface area (Å²) in [5.74, 6) is 2.43. The van der Waals surface area contributed by atoms with Gasteiger partial charge in [-0.05, 0) is 29.8 Å². The summed E-state index contributed by atoms with van der Waals surface area (Å²) in [6, 6.07) is 20.6. The lowest BCUT2D eigenvalue weighted by atomic mass is 10.1. The van der Waals surface area contributed by atoms with Crippen LogP contribution in [-0.4, -0.2) is 12.1 Å². The first-order chi connectivity index (χ1) is 14.1. The Morgan fingerprint density at radius 1 is 0.931 bits per heavy atom. The smallest absolute Gasteiger partial charge is 0.163 e. The minimum absolute atomic E-state index is 0.433. The fraction of sp³-hybridized carbons (Fsp3) is 0.0870. The summed E-state index contributed by atoms with van der Waals surface area (Å²) in [5.41, 5.74) is 8.07. The fourth-order valence-corrected chi connectivity index (χ4v) is 3.09. The lowest BCUT2D eigenvalue weighted by molar-refractivity contribution is 0.285. The zero-order chi connectivity index (χ0) is 20.2. The molecule has 29 heavy (non-hydrogen) atoms. The molecule has 5 nitrogen and oxygen atoms in total. The fourth-order valence-electron chi connectivity index (χ4n) is 2.92. The van der Waals surface area contributed by atoms with E-state index in [2.05, 4.69) is 4.98 Å². The number of ether oxygens (including phenoxy) is 3. The van der Waals surface area contributed by atoms with E-state index in [1.165, 1.54) is 0 Å². The third-order valence-corrected chi connectivity index (χ3v) is 4.75. The molecule has 0 aliphatic heterocycles. The topological polar surface area (TPSA) is 66.6 Å². The summed E-state index contributed by atoms with van der Waals surface area (Å²) >= 11 is 6.10. The highest BCUT2D eigenvalue weighted by atomic mass is 35.5. The van der Waals surface area contributed by atoms with E-state index < -0.39 is 0 Å². The maximum absolute atomic E-state index is 6.10. The molecule has 0 atom stereocenters. The van der Waals surface area contributed by atoms with Crippen LogP contribution >= 0.6 is 11.6 Å². The van der Waals surface area contributed by atoms with Crippen LogP contribution in [0, 0.1) is 0 Å². The van der Waals surface area contributed by atoms with Crippen LogP contribution in [0.4, 0.5) is 5.69 Å². The molecule has 1 heterocycles. The highest BCUT2D eigenvalue weighted by Gasteiger charge is 2.13. The molecule has 0 bridgehead atoms. The van der Waals surface area contributed by atoms with Gasteiger partial charge in [0.25, 0.3) is 0 Å². The molecule has 4 rings (SSSR count). The highest BCUT2D eigenvalue weighted by Crippen LogP contribution is 2.38. The second-order valence-corrected chi connectivity index (χ2v) is 6.80. The molecule has 2 N–H and O–H groups in total. The predicted molar refractivity (Wildman–Crippen MR) is 115 cm³/mol. The average Bonchev–Trinajstić information content (AvgIpc) is 2.75. The van der Waals surface area contributed by atoms with E-state index in [-0.39, 0.29) is 0 Å². The van der Waals surface area contributed by atoms with E-state index in [9.17, 15) is 0 Å². The molecular formula is C23H19ClN2O3. The average molecular weight is 407 g/mol. The largest absolute Gasteiger partial charge is 0.493 e. The van der Waals surface area contributed by atoms with E-state index in [1.54, 1.807) is 37.6 Å². The van der Waals surface area contributed by atoms with Gasteiger partial charge in [0.05, 0.1) is 23.3 Å². The molecule has 146 valence electrons. The van der Waals surface area contributed by atoms with E-state index in [4.69, 9.17) is 31.5 Å². The number of anilines is 1. The normalized spacial score (nSPS) is 10.7. The molecule has 3 aromatic carbocycles. The highest BCUT2D eigenvalue weighted by molar-refractivity contribution is 6.33. The van der Waals surface area contributed by atoms with Crippen molar-refractivity contribution in [3.05, 3.63) is 83.5 Å². The Labute approximate surface area is 173 Å². The zero-order valence-corrected chi connectivity index (χ0v) is 16.5. The minimum atomic E-state index is 0.433. The molecular weight excluding hydrogens is 388 g/mol. The van der Waals surface area contributed by atoms with Crippen LogP contribution in [0.5, 0.6) is 23.0 Å². The van der Waals surface area contributed by atoms with Crippen molar-refractivity contribution in [2.75, 3.05) is 12.8 Å². The molecule has 6 heteroatoms. The first-order valence-electron chi connectivity index (χ1n) is 9.00. The van der Waals surface area contributed by atoms with Gasteiger partial charge in [0.1, 0.15) is 18.1 Å². The van der Waals surface area contributed by atoms with E-state index in [0.29, 0.717) is 40.3 Å². The quantitative estimate of drug-likeness (QED) is 0.407. The van der Waals surface area contributed by atoms with Gasteiger partial charge in [-0.1, -0.05) is 41.9 Å². The zero-order valence-electron chi connectivity index (χ0n) is 15.8. The Kier molecular flexibility index (Phi) is 5.40. The van der Waals surface area contributed by atoms with Crippen molar-refractivity contribution in [2.45, 2.75) is 6.61 Å². The van der Waals surface area contributed by atoms with Crippen LogP contribution in [0.1, 0.15) is 5.56 Å². The van der Waals surface area contributed by atoms with Gasteiger partial charge in [0.2, 0.25) is 0 Å². The first-order valence-corrected chi connectivity index (χ1v) is 9.38. The summed E-state index contributed by atoms with van der Waals surface area (Å²) in [5, 5.41) is 1.24. The maximum Gasteiger partial charge on any atom is 0.163 e. The minimum Gasteiger partial charge on any atom is -0.493 e. The van der Waals surface area contributed by atoms with Gasteiger partial charge in [0.15, 0.2) is 11.5 Å². The number of benzene rings is 3. The van der Waals surface area contributed by atoms with E-state index >= 15 is 0 Å². The summed E-state index contributed by atoms with van der Waals surface area (Å²) in [4.78, 5) is 4.44. The molecule has 0 unspecified atom stereocenters.